The van der Waals surface area contributed by atoms with Crippen LogP contribution in [0.2, 0.25) is 0 Å². The molecular formula is C67H61N3O9. The van der Waals surface area contributed by atoms with Crippen LogP contribution in [0.4, 0.5) is 0 Å². The van der Waals surface area contributed by atoms with E-state index in [1.165, 1.54) is 0 Å². The Morgan fingerprint density at radius 2 is 0.582 bits per heavy atom. The first kappa shape index (κ1) is 54.0. The lowest BCUT2D eigenvalue weighted by molar-refractivity contribution is 0.0897. The van der Waals surface area contributed by atoms with Crippen molar-refractivity contribution in [2.75, 3.05) is 13.1 Å². The van der Waals surface area contributed by atoms with Crippen molar-refractivity contribution < 1.29 is 42.8 Å². The number of benzene rings is 9. The van der Waals surface area contributed by atoms with Gasteiger partial charge in [0.25, 0.3) is 17.7 Å². The molecule has 0 radical (unpaired) electrons. The number of para-hydroxylation sites is 3. The summed E-state index contributed by atoms with van der Waals surface area (Å²) in [5.74, 6) is 0.600. The Bertz CT molecular complexity index is 3350. The summed E-state index contributed by atoms with van der Waals surface area (Å²) in [6.45, 7) is 1.30. The zero-order valence-corrected chi connectivity index (χ0v) is 43.6. The first-order valence-corrected chi connectivity index (χ1v) is 26.2. The van der Waals surface area contributed by atoms with Crippen molar-refractivity contribution in [2.24, 2.45) is 0 Å². The van der Waals surface area contributed by atoms with Gasteiger partial charge in [0, 0.05) is 19.1 Å². The van der Waals surface area contributed by atoms with Crippen LogP contribution in [0.1, 0.15) is 70.9 Å². The average molecular weight is 1050 g/mol. The molecular weight excluding hydrogens is 991 g/mol. The van der Waals surface area contributed by atoms with E-state index in [2.05, 4.69) is 16.0 Å². The SMILES string of the molecule is O=C(NCC[C@@H](CNC(=O)c1cccc(OCc2ccccc2)c1OCc1ccccc1)NC(=O)c1cccc(OCc2ccccc2)c1OCc1ccccc1)c1cccc(OCc2ccccc2)c1OCc1ccccc1. The summed E-state index contributed by atoms with van der Waals surface area (Å²) in [5.41, 5.74) is 6.26. The summed E-state index contributed by atoms with van der Waals surface area (Å²) in [7, 11) is 0. The molecule has 12 heteroatoms. The summed E-state index contributed by atoms with van der Waals surface area (Å²) >= 11 is 0. The zero-order valence-electron chi connectivity index (χ0n) is 43.6. The van der Waals surface area contributed by atoms with E-state index in [1.54, 1.807) is 54.6 Å². The van der Waals surface area contributed by atoms with Crippen molar-refractivity contribution in [2.45, 2.75) is 52.1 Å². The van der Waals surface area contributed by atoms with Gasteiger partial charge in [0.2, 0.25) is 0 Å². The molecule has 0 bridgehead atoms. The van der Waals surface area contributed by atoms with Crippen LogP contribution in [0, 0.1) is 0 Å². The lowest BCUT2D eigenvalue weighted by Gasteiger charge is -2.22. The zero-order chi connectivity index (χ0) is 54.3. The molecule has 0 aromatic heterocycles. The van der Waals surface area contributed by atoms with Crippen molar-refractivity contribution >= 4 is 17.7 Å². The topological polar surface area (TPSA) is 143 Å². The molecule has 0 fully saturated rings. The van der Waals surface area contributed by atoms with Crippen molar-refractivity contribution in [1.29, 1.82) is 0 Å². The van der Waals surface area contributed by atoms with E-state index in [0.29, 0.717) is 17.2 Å². The molecule has 0 aliphatic rings. The van der Waals surface area contributed by atoms with Crippen LogP contribution in [-0.4, -0.2) is 36.9 Å². The quantitative estimate of drug-likeness (QED) is 0.0459. The van der Waals surface area contributed by atoms with Gasteiger partial charge in [0.05, 0.1) is 16.7 Å². The van der Waals surface area contributed by atoms with E-state index in [9.17, 15) is 14.4 Å². The van der Waals surface area contributed by atoms with Crippen LogP contribution in [0.5, 0.6) is 34.5 Å². The number of carbonyl (C=O) groups excluding carboxylic acids is 3. The van der Waals surface area contributed by atoms with Crippen LogP contribution in [0.3, 0.4) is 0 Å². The Morgan fingerprint density at radius 3 is 0.899 bits per heavy atom. The number of ether oxygens (including phenoxy) is 6. The first-order chi connectivity index (χ1) is 38.9. The lowest BCUT2D eigenvalue weighted by Crippen LogP contribution is -2.45. The molecule has 398 valence electrons. The molecule has 0 heterocycles. The fourth-order valence-electron chi connectivity index (χ4n) is 8.52. The predicted octanol–water partition coefficient (Wildman–Crippen LogP) is 12.5. The highest BCUT2D eigenvalue weighted by Gasteiger charge is 2.25. The third-order valence-electron chi connectivity index (χ3n) is 12.7. The maximum atomic E-state index is 14.8. The maximum Gasteiger partial charge on any atom is 0.255 e. The van der Waals surface area contributed by atoms with E-state index in [1.807, 2.05) is 182 Å². The molecule has 0 saturated carbocycles. The lowest BCUT2D eigenvalue weighted by atomic mass is 10.1. The molecule has 0 unspecified atom stereocenters. The molecule has 0 saturated heterocycles. The normalized spacial score (nSPS) is 11.1. The van der Waals surface area contributed by atoms with Gasteiger partial charge in [-0.1, -0.05) is 200 Å². The largest absolute Gasteiger partial charge is 0.485 e. The minimum Gasteiger partial charge on any atom is -0.485 e. The number of rotatable bonds is 27. The molecule has 0 aliphatic heterocycles. The van der Waals surface area contributed by atoms with E-state index in [-0.39, 0.29) is 93.1 Å². The Labute approximate surface area is 460 Å². The molecule has 1 atom stereocenters. The third-order valence-corrected chi connectivity index (χ3v) is 12.7. The molecule has 9 rings (SSSR count). The Morgan fingerprint density at radius 1 is 0.304 bits per heavy atom. The van der Waals surface area contributed by atoms with Gasteiger partial charge in [-0.15, -0.1) is 0 Å². The van der Waals surface area contributed by atoms with Crippen LogP contribution in [0.25, 0.3) is 0 Å². The van der Waals surface area contributed by atoms with Gasteiger partial charge in [-0.2, -0.15) is 0 Å². The fourth-order valence-corrected chi connectivity index (χ4v) is 8.52. The number of carbonyl (C=O) groups is 3. The second-order valence-electron chi connectivity index (χ2n) is 18.5. The van der Waals surface area contributed by atoms with Crippen LogP contribution in [-0.2, 0) is 39.6 Å². The highest BCUT2D eigenvalue weighted by molar-refractivity contribution is 5.99. The van der Waals surface area contributed by atoms with Gasteiger partial charge in [0.15, 0.2) is 34.5 Å². The van der Waals surface area contributed by atoms with E-state index in [4.69, 9.17) is 28.4 Å². The van der Waals surface area contributed by atoms with Crippen molar-refractivity contribution in [1.82, 2.24) is 16.0 Å². The van der Waals surface area contributed by atoms with E-state index in [0.717, 1.165) is 33.4 Å². The molecule has 9 aromatic rings. The number of nitrogens with one attached hydrogen (secondary N) is 3. The van der Waals surface area contributed by atoms with Crippen molar-refractivity contribution in [3.63, 3.8) is 0 Å². The second kappa shape index (κ2) is 28.4. The van der Waals surface area contributed by atoms with Crippen LogP contribution in [0.15, 0.2) is 237 Å². The summed E-state index contributed by atoms with van der Waals surface area (Å²) in [4.78, 5) is 43.6. The minimum absolute atomic E-state index is 0.0493. The fraction of sp³-hybridized carbons (Fsp3) is 0.149. The van der Waals surface area contributed by atoms with Gasteiger partial charge in [0.1, 0.15) is 39.6 Å². The van der Waals surface area contributed by atoms with Gasteiger partial charge >= 0.3 is 0 Å². The predicted molar refractivity (Wildman–Crippen MR) is 305 cm³/mol. The van der Waals surface area contributed by atoms with Gasteiger partial charge in [-0.3, -0.25) is 14.4 Å². The standard InChI is InChI=1S/C67H61N3O9/c71-65(56-34-19-37-59(74-43-49-22-7-1-8-23-49)62(56)77-46-52-28-13-4-14-29-52)68-41-40-55(70-67(73)58-36-21-39-61(76-45-51-26-11-3-12-27-51)64(58)79-48-54-32-17-6-18-33-54)42-69-66(72)57-35-20-38-60(75-44-50-24-9-2-10-25-50)63(57)78-47-53-30-15-5-16-31-53/h1-39,55H,40-48H2,(H,68,71)(H,69,72)(H,70,73)/t55-/m0/s1. The van der Waals surface area contributed by atoms with Gasteiger partial charge < -0.3 is 44.4 Å². The molecule has 0 spiro atoms. The Hall–Kier alpha value is -9.81. The minimum atomic E-state index is -0.742. The molecule has 12 nitrogen and oxygen atoms in total. The molecule has 9 aromatic carbocycles. The highest BCUT2D eigenvalue weighted by Crippen LogP contribution is 2.36. The number of hydrogen-bond acceptors (Lipinski definition) is 9. The molecule has 3 amide bonds. The second-order valence-corrected chi connectivity index (χ2v) is 18.5. The summed E-state index contributed by atoms with van der Waals surface area (Å²) < 4.78 is 38.1. The monoisotopic (exact) mass is 1050 g/mol. The van der Waals surface area contributed by atoms with Crippen molar-refractivity contribution in [3.05, 3.63) is 287 Å². The highest BCUT2D eigenvalue weighted by atomic mass is 16.5. The number of amides is 3. The summed E-state index contributed by atoms with van der Waals surface area (Å²) in [6, 6.07) is 73.0. The van der Waals surface area contributed by atoms with E-state index < -0.39 is 23.8 Å². The van der Waals surface area contributed by atoms with Gasteiger partial charge in [-0.25, -0.2) is 0 Å². The third kappa shape index (κ3) is 15.9. The van der Waals surface area contributed by atoms with Crippen LogP contribution < -0.4 is 44.4 Å². The van der Waals surface area contributed by atoms with E-state index >= 15 is 0 Å². The molecule has 0 aliphatic carbocycles. The molecule has 3 N–H and O–H groups in total. The molecule has 79 heavy (non-hydrogen) atoms. The first-order valence-electron chi connectivity index (χ1n) is 26.2. The van der Waals surface area contributed by atoms with Gasteiger partial charge in [-0.05, 0) is 76.2 Å². The average Bonchev–Trinajstić information content (AvgIpc) is 3.52. The smallest absolute Gasteiger partial charge is 0.255 e. The maximum absolute atomic E-state index is 14.8. The summed E-state index contributed by atoms with van der Waals surface area (Å²) in [6.07, 6.45) is 0.185. The Kier molecular flexibility index (Phi) is 19.4. The number of hydrogen-bond donors (Lipinski definition) is 3. The Balaban J connectivity index is 0.976. The summed E-state index contributed by atoms with van der Waals surface area (Å²) in [5, 5.41) is 9.26. The van der Waals surface area contributed by atoms with Crippen molar-refractivity contribution in [3.8, 4) is 34.5 Å². The van der Waals surface area contributed by atoms with Crippen LogP contribution >= 0.6 is 0 Å².